The van der Waals surface area contributed by atoms with Crippen molar-refractivity contribution in [3.05, 3.63) is 108 Å². The summed E-state index contributed by atoms with van der Waals surface area (Å²) in [6.07, 6.45) is -4.95. The zero-order chi connectivity index (χ0) is 63.5. The topological polar surface area (TPSA) is 237 Å². The predicted molar refractivity (Wildman–Crippen MR) is 314 cm³/mol. The Labute approximate surface area is 504 Å². The van der Waals surface area contributed by atoms with E-state index in [9.17, 15) is 55.1 Å². The van der Waals surface area contributed by atoms with E-state index in [-0.39, 0.29) is 46.9 Å². The van der Waals surface area contributed by atoms with E-state index >= 15 is 0 Å². The number of hydrogen-bond donors (Lipinski definition) is 2. The number of benzene rings is 2. The van der Waals surface area contributed by atoms with Crippen LogP contribution in [0.15, 0.2) is 68.9 Å². The van der Waals surface area contributed by atoms with Gasteiger partial charge in [0.05, 0.1) is 28.6 Å². The number of piperazine rings is 2. The fourth-order valence-electron chi connectivity index (χ4n) is 10.2. The molecule has 0 unspecified atom stereocenters. The van der Waals surface area contributed by atoms with E-state index in [0.29, 0.717) is 107 Å². The van der Waals surface area contributed by atoms with Crippen LogP contribution < -0.4 is 31.6 Å². The Morgan fingerprint density at radius 1 is 0.609 bits per heavy atom. The van der Waals surface area contributed by atoms with Crippen molar-refractivity contribution in [1.82, 2.24) is 48.1 Å². The lowest BCUT2D eigenvalue weighted by Gasteiger charge is -2.37. The molecule has 2 N–H and O–H groups in total. The van der Waals surface area contributed by atoms with Crippen LogP contribution in [0.4, 0.5) is 58.7 Å². The second-order valence-corrected chi connectivity index (χ2v) is 23.5. The minimum Gasteiger partial charge on any atom is -0.444 e. The van der Waals surface area contributed by atoms with Crippen molar-refractivity contribution in [3.63, 3.8) is 0 Å². The van der Waals surface area contributed by atoms with Crippen molar-refractivity contribution in [2.24, 2.45) is 0 Å². The zero-order valence-corrected chi connectivity index (χ0v) is 51.2. The molecular weight excluding hydrogens is 1220 g/mol. The summed E-state index contributed by atoms with van der Waals surface area (Å²) in [5, 5.41) is 14.0. The molecule has 87 heavy (non-hydrogen) atoms. The van der Waals surface area contributed by atoms with Gasteiger partial charge in [0.25, 0.3) is 11.1 Å². The van der Waals surface area contributed by atoms with Crippen LogP contribution in [0.25, 0.3) is 17.1 Å². The lowest BCUT2D eigenvalue weighted by atomic mass is 9.97. The highest BCUT2D eigenvalue weighted by molar-refractivity contribution is 9.10. The third-order valence-corrected chi connectivity index (χ3v) is 14.7. The van der Waals surface area contributed by atoms with Gasteiger partial charge in [-0.25, -0.2) is 9.59 Å². The first-order valence-electron chi connectivity index (χ1n) is 28.2. The van der Waals surface area contributed by atoms with Crippen molar-refractivity contribution in [2.75, 3.05) is 79.9 Å². The number of carbonyl (C=O) groups is 4. The second kappa shape index (κ2) is 26.1. The first-order chi connectivity index (χ1) is 40.9. The van der Waals surface area contributed by atoms with Gasteiger partial charge in [0.15, 0.2) is 5.82 Å². The van der Waals surface area contributed by atoms with Gasteiger partial charge in [-0.05, 0) is 144 Å². The molecule has 3 aliphatic rings. The Bertz CT molecular complexity index is 3660. The number of aromatic nitrogens is 8. The Hall–Kier alpha value is -8.02. The largest absolute Gasteiger partial charge is 0.444 e. The van der Waals surface area contributed by atoms with E-state index in [0.717, 1.165) is 40.8 Å². The van der Waals surface area contributed by atoms with Crippen molar-refractivity contribution in [3.8, 4) is 0 Å². The number of fused-ring (bicyclic) bond motifs is 2. The van der Waals surface area contributed by atoms with E-state index in [4.69, 9.17) is 19.2 Å². The van der Waals surface area contributed by atoms with Gasteiger partial charge in [-0.3, -0.25) is 19.2 Å². The average molecular weight is 1290 g/mol. The average Bonchev–Trinajstić information content (AvgIpc) is 1.83. The molecule has 1 aliphatic carbocycles. The fraction of sp³-hybridized carbons (Fsp3) is 0.509. The molecule has 2 saturated heterocycles. The van der Waals surface area contributed by atoms with Gasteiger partial charge in [-0.2, -0.15) is 45.3 Å². The van der Waals surface area contributed by atoms with Crippen LogP contribution >= 0.6 is 15.9 Å². The summed E-state index contributed by atoms with van der Waals surface area (Å²) < 4.78 is 99.9. The third-order valence-electron chi connectivity index (χ3n) is 14.4. The highest BCUT2D eigenvalue weighted by Gasteiger charge is 2.35. The summed E-state index contributed by atoms with van der Waals surface area (Å²) in [4.78, 5) is 95.2. The Balaban J connectivity index is 0.000000229. The quantitative estimate of drug-likeness (QED) is 0.109. The van der Waals surface area contributed by atoms with Gasteiger partial charge >= 0.3 is 24.5 Å². The second-order valence-electron chi connectivity index (χ2n) is 22.8. The van der Waals surface area contributed by atoms with Crippen LogP contribution in [0.2, 0.25) is 0 Å². The number of allylic oxidation sites excluding steroid dienone is 1. The molecule has 6 aromatic rings. The van der Waals surface area contributed by atoms with E-state index in [2.05, 4.69) is 41.7 Å². The monoisotopic (exact) mass is 1290 g/mol. The summed E-state index contributed by atoms with van der Waals surface area (Å²) in [5.74, 6) is -0.361. The number of methoxy groups -OCH3 is 1. The molecule has 2 fully saturated rings. The van der Waals surface area contributed by atoms with Crippen LogP contribution in [-0.2, 0) is 62.1 Å². The Morgan fingerprint density at radius 2 is 1.01 bits per heavy atom. The number of rotatable bonds is 12. The molecule has 1 atom stereocenters. The number of ether oxygens (including phenoxy) is 3. The van der Waals surface area contributed by atoms with Gasteiger partial charge in [0, 0.05) is 70.8 Å². The summed E-state index contributed by atoms with van der Waals surface area (Å²) in [6.45, 7) is 16.6. The number of nitrogens with zero attached hydrogens (tertiary/aromatic N) is 12. The molecule has 0 spiro atoms. The van der Waals surface area contributed by atoms with Crippen molar-refractivity contribution in [2.45, 2.75) is 130 Å². The van der Waals surface area contributed by atoms with Gasteiger partial charge in [0.2, 0.25) is 28.1 Å². The highest BCUT2D eigenvalue weighted by atomic mass is 79.9. The van der Waals surface area contributed by atoms with Gasteiger partial charge in [-0.15, -0.1) is 10.2 Å². The molecule has 4 aromatic heterocycles. The number of halogens is 7. The zero-order valence-electron chi connectivity index (χ0n) is 49.6. The molecule has 30 heteroatoms. The number of alkyl halides is 6. The molecule has 2 aromatic carbocycles. The summed E-state index contributed by atoms with van der Waals surface area (Å²) in [6, 6.07) is 8.29. The van der Waals surface area contributed by atoms with Crippen LogP contribution in [0.3, 0.4) is 0 Å². The standard InChI is InChI=1S/C32H40F3N7O5.C25H29BrF3N7O4/c1-6-24-26(39-15-17-40(18-16-39)30(45)47-31(2,3)4)28(44)42-29(37-27(38-42)20-7-13-23(46-5)14-8-20)41(24)19-25(43)36-22-11-9-21(10-12-22)32(33,34)35;1-5-17-19(33-10-12-34(13-11-33)23(39)40-24(2,3)4)20(38)36-22(31-21(26)32-36)35(17)14-18(37)30-16-8-6-15(7-9-16)25(27,28)29/h7,9-12,23H,6,8,13-19H2,1-5H3,(H,36,43);6-9H,5,10-14H2,1-4H3,(H,30,37)/t23-;/m0./s1. The first-order valence-corrected chi connectivity index (χ1v) is 29.0. The summed E-state index contributed by atoms with van der Waals surface area (Å²) >= 11 is 3.19. The fourth-order valence-corrected chi connectivity index (χ4v) is 10.6. The van der Waals surface area contributed by atoms with Crippen LogP contribution in [0.1, 0.15) is 103 Å². The number of amides is 4. The van der Waals surface area contributed by atoms with E-state index < -0.39 is 69.8 Å². The predicted octanol–water partition coefficient (Wildman–Crippen LogP) is 8.68. The lowest BCUT2D eigenvalue weighted by molar-refractivity contribution is -0.138. The molecule has 6 heterocycles. The minimum absolute atomic E-state index is 0.0855. The van der Waals surface area contributed by atoms with Gasteiger partial charge in [0.1, 0.15) is 35.7 Å². The van der Waals surface area contributed by atoms with E-state index in [1.54, 1.807) is 67.6 Å². The highest BCUT2D eigenvalue weighted by Crippen LogP contribution is 2.33. The maximum Gasteiger partial charge on any atom is 0.416 e. The van der Waals surface area contributed by atoms with E-state index in [1.807, 2.05) is 29.7 Å². The number of carbonyl (C=O) groups excluding carboxylic acids is 4. The molecule has 0 bridgehead atoms. The van der Waals surface area contributed by atoms with Crippen LogP contribution in [-0.4, -0.2) is 149 Å². The molecule has 0 radical (unpaired) electrons. The van der Waals surface area contributed by atoms with Crippen molar-refractivity contribution < 1.29 is 59.7 Å². The molecule has 9 rings (SSSR count). The molecule has 470 valence electrons. The molecule has 4 amide bonds. The summed E-state index contributed by atoms with van der Waals surface area (Å²) in [7, 11) is 1.66. The molecule has 0 saturated carbocycles. The number of nitrogens with one attached hydrogen (secondary N) is 2. The Kier molecular flexibility index (Phi) is 19.5. The van der Waals surface area contributed by atoms with Crippen molar-refractivity contribution >= 4 is 79.8 Å². The Morgan fingerprint density at radius 3 is 1.37 bits per heavy atom. The van der Waals surface area contributed by atoms with E-state index in [1.165, 1.54) is 28.8 Å². The number of hydrogen-bond acceptors (Lipinski definition) is 15. The minimum atomic E-state index is -4.50. The smallest absolute Gasteiger partial charge is 0.416 e. The maximum atomic E-state index is 14.1. The van der Waals surface area contributed by atoms with Gasteiger partial charge < -0.3 is 53.6 Å². The number of anilines is 4. The van der Waals surface area contributed by atoms with Crippen LogP contribution in [0, 0.1) is 0 Å². The normalized spacial score (nSPS) is 16.1. The molecule has 23 nitrogen and oxygen atoms in total. The van der Waals surface area contributed by atoms with Crippen molar-refractivity contribution in [1.29, 1.82) is 0 Å². The molecule has 2 aliphatic heterocycles. The first kappa shape index (κ1) is 65.0. The SMILES string of the molecule is CCc1c(N2CCN(C(=O)OC(C)(C)C)CC2)c(=O)n2nc(Br)nc2n1CC(=O)Nc1ccc(C(F)(F)F)cc1.CCc1c(N2CCN(C(=O)OC(C)(C)C)CC2)c(=O)n2nc(C3=CC[C@H](OC)CC3)nc2n1CC(=O)Nc1ccc(C(F)(F)F)cc1. The van der Waals surface area contributed by atoms with Crippen LogP contribution in [0.5, 0.6) is 0 Å². The maximum absolute atomic E-state index is 14.1. The lowest BCUT2D eigenvalue weighted by Crippen LogP contribution is -2.51. The third kappa shape index (κ3) is 15.6. The van der Waals surface area contributed by atoms with Gasteiger partial charge in [-0.1, -0.05) is 19.9 Å². The summed E-state index contributed by atoms with van der Waals surface area (Å²) in [5.41, 5.74) is -0.743. The molecular formula is C57H69BrF6N14O9.